The summed E-state index contributed by atoms with van der Waals surface area (Å²) in [6.45, 7) is 2.86. The van der Waals surface area contributed by atoms with E-state index in [-0.39, 0.29) is 22.2 Å². The van der Waals surface area contributed by atoms with Crippen LogP contribution in [-0.2, 0) is 39.9 Å². The normalized spacial score (nSPS) is 15.0. The molecular weight excluding hydrogens is 878 g/mol. The maximum atomic E-state index is 14.4. The molecule has 0 spiro atoms. The van der Waals surface area contributed by atoms with E-state index in [9.17, 15) is 45.4 Å². The number of carbonyl (C=O) groups is 3. The summed E-state index contributed by atoms with van der Waals surface area (Å²) in [5.41, 5.74) is 0.644. The number of hydrogen-bond donors (Lipinski definition) is 4. The number of para-hydroxylation sites is 1. The summed E-state index contributed by atoms with van der Waals surface area (Å²) >= 11 is 5.97. The number of imide groups is 1. The van der Waals surface area contributed by atoms with E-state index in [2.05, 4.69) is 39.8 Å². The number of amides is 2. The van der Waals surface area contributed by atoms with Gasteiger partial charge in [-0.15, -0.1) is 11.5 Å². The standard InChI is InChI=1S/C18H15ClFNO3.C12H9F2N5O2S.C3H8NO5P.C3H9S/c1-3-10(2)24-16-9-15(14(20)8-13(16)19)21-17(22)11-6-4-5-7-12(11)18(21)23;1-7-5-6-19-11(15-7)16-12(17-19)22(20,21)18-10-8(13)3-2-4-9(10)14;5-3(6)1-4-2-10(7,8)9;1-4(2)3/h1,8-10H,4-7H2,2H3;2-6,18H,1H3;4H,1-2H2,(H,5,6)(H2,7,8,9);1-3H3/q;;;+1/p-1. The second-order valence-electron chi connectivity index (χ2n) is 13.0. The molecule has 17 nitrogen and oxygen atoms in total. The number of ether oxygens (including phenoxy) is 1. The number of anilines is 2. The van der Waals surface area contributed by atoms with Crippen molar-refractivity contribution in [3.8, 4) is 18.1 Å². The van der Waals surface area contributed by atoms with Crippen LogP contribution < -0.4 is 24.6 Å². The minimum atomic E-state index is -4.35. The van der Waals surface area contributed by atoms with Gasteiger partial charge in [-0.05, 0) is 74.7 Å². The third-order valence-corrected chi connectivity index (χ3v) is 9.57. The Labute approximate surface area is 350 Å². The van der Waals surface area contributed by atoms with Crippen molar-refractivity contribution >= 4 is 75.1 Å². The molecule has 2 aromatic heterocycles. The highest BCUT2D eigenvalue weighted by atomic mass is 35.5. The average molecular weight is 918 g/mol. The summed E-state index contributed by atoms with van der Waals surface area (Å²) in [6.07, 6.45) is 14.8. The second-order valence-corrected chi connectivity index (χ2v) is 19.0. The number of carbonyl (C=O) groups excluding carboxylic acids is 2. The zero-order valence-corrected chi connectivity index (χ0v) is 35.9. The molecule has 2 aliphatic rings. The van der Waals surface area contributed by atoms with Crippen LogP contribution in [0.25, 0.3) is 5.78 Å². The summed E-state index contributed by atoms with van der Waals surface area (Å²) in [6, 6.07) is 6.87. The molecule has 0 saturated heterocycles. The highest BCUT2D eigenvalue weighted by molar-refractivity contribution is 7.94. The predicted molar refractivity (Wildman–Crippen MR) is 216 cm³/mol. The van der Waals surface area contributed by atoms with Crippen molar-refractivity contribution in [2.24, 2.45) is 0 Å². The molecule has 24 heteroatoms. The van der Waals surface area contributed by atoms with Crippen molar-refractivity contribution in [3.63, 3.8) is 0 Å². The molecule has 4 aromatic rings. The molecule has 0 radical (unpaired) electrons. The first-order valence-corrected chi connectivity index (χ1v) is 23.4. The molecule has 0 saturated carbocycles. The number of sulfonamides is 1. The number of halogens is 4. The molecule has 2 unspecified atom stereocenters. The first-order valence-electron chi connectivity index (χ1n) is 17.3. The summed E-state index contributed by atoms with van der Waals surface area (Å²) in [5.74, 6) is -2.38. The van der Waals surface area contributed by atoms with Gasteiger partial charge >= 0.3 is 5.97 Å². The first-order chi connectivity index (χ1) is 27.9. The Hall–Kier alpha value is -5.01. The van der Waals surface area contributed by atoms with Crippen LogP contribution >= 0.6 is 19.2 Å². The van der Waals surface area contributed by atoms with Gasteiger partial charge in [0, 0.05) is 29.1 Å². The SMILES string of the molecule is C#CC(C)Oc1cc(N2C(=O)C3=C(CCCC3)C2=O)c(F)cc1Cl.C[S+](C)C.Cc1ccn2nc(S(=O)(=O)Nc3c(F)cccc3F)nc2n1.O=C(O)CNCP(=O)([O-])O. The second kappa shape index (κ2) is 21.5. The average Bonchev–Trinajstić information content (AvgIpc) is 3.69. The highest BCUT2D eigenvalue weighted by Crippen LogP contribution is 2.39. The maximum absolute atomic E-state index is 14.4. The van der Waals surface area contributed by atoms with E-state index in [4.69, 9.17) is 32.8 Å². The molecule has 60 heavy (non-hydrogen) atoms. The van der Waals surface area contributed by atoms with Crippen LogP contribution in [0, 0.1) is 36.7 Å². The number of benzene rings is 2. The van der Waals surface area contributed by atoms with E-state index in [1.54, 1.807) is 24.6 Å². The van der Waals surface area contributed by atoms with Gasteiger partial charge in [0.15, 0.2) is 6.10 Å². The number of aliphatic carboxylic acids is 1. The first kappa shape index (κ1) is 49.4. The van der Waals surface area contributed by atoms with Crippen LogP contribution in [0.1, 0.15) is 38.3 Å². The number of rotatable bonds is 10. The van der Waals surface area contributed by atoms with Crippen molar-refractivity contribution in [2.75, 3.05) is 41.2 Å². The fourth-order valence-electron chi connectivity index (χ4n) is 5.00. The van der Waals surface area contributed by atoms with Crippen LogP contribution in [0.15, 0.2) is 58.9 Å². The van der Waals surface area contributed by atoms with Gasteiger partial charge in [-0.1, -0.05) is 23.6 Å². The van der Waals surface area contributed by atoms with Crippen molar-refractivity contribution in [1.29, 1.82) is 0 Å². The number of fused-ring (bicyclic) bond motifs is 1. The lowest BCUT2D eigenvalue weighted by Crippen LogP contribution is -2.32. The molecule has 1 aliphatic heterocycles. The molecule has 3 heterocycles. The number of nitrogens with zero attached hydrogens (tertiary/aromatic N) is 5. The Bertz CT molecular complexity index is 2430. The summed E-state index contributed by atoms with van der Waals surface area (Å²) in [7, 11) is -8.05. The van der Waals surface area contributed by atoms with Crippen molar-refractivity contribution in [2.45, 2.75) is 50.8 Å². The van der Waals surface area contributed by atoms with E-state index in [0.29, 0.717) is 40.6 Å². The molecule has 4 N–H and O–H groups in total. The topological polar surface area (TPSA) is 246 Å². The van der Waals surface area contributed by atoms with Gasteiger partial charge in [-0.25, -0.2) is 27.6 Å². The Balaban J connectivity index is 0.000000246. The van der Waals surface area contributed by atoms with E-state index >= 15 is 0 Å². The molecule has 324 valence electrons. The van der Waals surface area contributed by atoms with E-state index in [1.807, 2.05) is 5.32 Å². The molecule has 2 atom stereocenters. The number of carboxylic acid groups (broad SMARTS) is 1. The van der Waals surface area contributed by atoms with Gasteiger partial charge in [0.1, 0.15) is 36.5 Å². The number of aromatic nitrogens is 4. The van der Waals surface area contributed by atoms with Crippen LogP contribution in [0.5, 0.6) is 5.75 Å². The van der Waals surface area contributed by atoms with Crippen molar-refractivity contribution in [1.82, 2.24) is 24.9 Å². The predicted octanol–water partition coefficient (Wildman–Crippen LogP) is 3.79. The zero-order valence-electron chi connectivity index (χ0n) is 32.6. The quantitative estimate of drug-likeness (QED) is 0.0766. The summed E-state index contributed by atoms with van der Waals surface area (Å²) in [5, 5.41) is 13.1. The summed E-state index contributed by atoms with van der Waals surface area (Å²) < 4.78 is 84.1. The smallest absolute Gasteiger partial charge is 0.317 e. The number of hydrogen-bond acceptors (Lipinski definition) is 12. The largest absolute Gasteiger partial charge is 0.778 e. The Morgan fingerprint density at radius 1 is 1.08 bits per heavy atom. The number of carboxylic acids is 1. The van der Waals surface area contributed by atoms with Gasteiger partial charge in [0.2, 0.25) is 0 Å². The van der Waals surface area contributed by atoms with Crippen LogP contribution in [-0.4, -0.2) is 93.5 Å². The molecule has 1 aliphatic carbocycles. The molecule has 6 rings (SSSR count). The van der Waals surface area contributed by atoms with Gasteiger partial charge in [0.25, 0.3) is 32.8 Å². The highest BCUT2D eigenvalue weighted by Gasteiger charge is 2.41. The Morgan fingerprint density at radius 3 is 2.17 bits per heavy atom. The van der Waals surface area contributed by atoms with Gasteiger partial charge in [-0.2, -0.15) is 13.4 Å². The van der Waals surface area contributed by atoms with Gasteiger partial charge in [0.05, 0.1) is 42.3 Å². The molecule has 0 bridgehead atoms. The van der Waals surface area contributed by atoms with Crippen LogP contribution in [0.3, 0.4) is 0 Å². The van der Waals surface area contributed by atoms with Crippen molar-refractivity contribution < 1.29 is 60.2 Å². The van der Waals surface area contributed by atoms with E-state index in [0.717, 1.165) is 46.5 Å². The third kappa shape index (κ3) is 14.0. The lowest BCUT2D eigenvalue weighted by molar-refractivity contribution is -0.193. The molecule has 0 fully saturated rings. The zero-order chi connectivity index (χ0) is 45.1. The fourth-order valence-corrected chi connectivity index (χ4v) is 6.54. The lowest BCUT2D eigenvalue weighted by atomic mass is 9.93. The Kier molecular flexibility index (Phi) is 17.7. The molecule has 2 amide bonds. The van der Waals surface area contributed by atoms with Gasteiger partial charge in [-0.3, -0.25) is 24.4 Å². The minimum Gasteiger partial charge on any atom is -0.778 e. The van der Waals surface area contributed by atoms with Gasteiger partial charge < -0.3 is 24.2 Å². The Morgan fingerprint density at radius 2 is 1.65 bits per heavy atom. The molecule has 2 aromatic carbocycles. The lowest BCUT2D eigenvalue weighted by Gasteiger charge is -2.19. The van der Waals surface area contributed by atoms with Crippen LogP contribution in [0.2, 0.25) is 5.02 Å². The van der Waals surface area contributed by atoms with E-state index in [1.165, 1.54) is 12.3 Å². The maximum Gasteiger partial charge on any atom is 0.317 e. The number of terminal acetylenes is 1. The van der Waals surface area contributed by atoms with E-state index < -0.39 is 82.6 Å². The fraction of sp³-hybridized carbons (Fsp3) is 0.333. The monoisotopic (exact) mass is 917 g/mol. The third-order valence-electron chi connectivity index (χ3n) is 7.53. The summed E-state index contributed by atoms with van der Waals surface area (Å²) in [4.78, 5) is 61.5. The van der Waals surface area contributed by atoms with Crippen LogP contribution in [0.4, 0.5) is 24.5 Å². The minimum absolute atomic E-state index is 0.0233. The number of nitrogens with one attached hydrogen (secondary N) is 2. The molecular formula is C36H40ClF3N7O10PS2. The van der Waals surface area contributed by atoms with Crippen molar-refractivity contribution in [3.05, 3.63) is 81.9 Å². The number of aryl methyl sites for hydroxylation is 1.